The third kappa shape index (κ3) is 5.39. The molecule has 1 aromatic rings. The minimum Gasteiger partial charge on any atom is -0.350 e. The number of carbonyl (C=O) groups excluding carboxylic acids is 2. The Morgan fingerprint density at radius 1 is 1.25 bits per heavy atom. The topological polar surface area (TPSA) is 70.5 Å². The number of halogens is 2. The van der Waals surface area contributed by atoms with E-state index in [1.165, 1.54) is 18.5 Å². The second kappa shape index (κ2) is 9.94. The van der Waals surface area contributed by atoms with Gasteiger partial charge in [0.15, 0.2) is 0 Å². The Bertz CT molecular complexity index is 679. The van der Waals surface area contributed by atoms with Gasteiger partial charge in [-0.25, -0.2) is 4.98 Å². The second-order valence-corrected chi connectivity index (χ2v) is 8.14. The molecule has 3 fully saturated rings. The first-order valence-corrected chi connectivity index (χ1v) is 9.85. The molecule has 9 heteroatoms. The van der Waals surface area contributed by atoms with Gasteiger partial charge in [-0.1, -0.05) is 0 Å². The molecule has 2 saturated heterocycles. The van der Waals surface area contributed by atoms with E-state index in [0.717, 1.165) is 44.9 Å². The smallest absolute Gasteiger partial charge is 0.239 e. The number of nitrogens with zero attached hydrogens (tertiary/aromatic N) is 4. The van der Waals surface area contributed by atoms with E-state index in [2.05, 4.69) is 19.8 Å². The summed E-state index contributed by atoms with van der Waals surface area (Å²) in [5.41, 5.74) is 1.20. The number of carbonyl (C=O) groups is 2. The van der Waals surface area contributed by atoms with E-state index < -0.39 is 0 Å². The van der Waals surface area contributed by atoms with E-state index in [9.17, 15) is 9.59 Å². The third-order valence-electron chi connectivity index (χ3n) is 6.07. The van der Waals surface area contributed by atoms with Crippen molar-refractivity contribution in [1.82, 2.24) is 24.7 Å². The van der Waals surface area contributed by atoms with Crippen LogP contribution in [0.25, 0.3) is 0 Å². The Morgan fingerprint density at radius 3 is 2.68 bits per heavy atom. The Balaban J connectivity index is 0.00000140. The summed E-state index contributed by atoms with van der Waals surface area (Å²) < 4.78 is 2.06. The van der Waals surface area contributed by atoms with Crippen LogP contribution in [0.1, 0.15) is 37.8 Å². The number of imidazole rings is 1. The van der Waals surface area contributed by atoms with Crippen molar-refractivity contribution in [1.29, 1.82) is 0 Å². The zero-order valence-electron chi connectivity index (χ0n) is 16.4. The molecule has 0 radical (unpaired) electrons. The van der Waals surface area contributed by atoms with Gasteiger partial charge in [0, 0.05) is 51.9 Å². The summed E-state index contributed by atoms with van der Waals surface area (Å²) in [6, 6.07) is 0.197. The normalized spacial score (nSPS) is 25.2. The highest BCUT2D eigenvalue weighted by atomic mass is 35.5. The van der Waals surface area contributed by atoms with Gasteiger partial charge in [0.05, 0.1) is 18.6 Å². The highest BCUT2D eigenvalue weighted by Crippen LogP contribution is 2.41. The SMILES string of the molecule is Cl.Cl.Cn1cncc1CN1C[C@H](NC(=O)CN2CCCCC2=O)[C@@H](C2CC2)C1. The maximum Gasteiger partial charge on any atom is 0.239 e. The van der Waals surface area contributed by atoms with Gasteiger partial charge in [-0.15, -0.1) is 24.8 Å². The molecule has 0 bridgehead atoms. The molecule has 1 N–H and O–H groups in total. The number of rotatable bonds is 6. The average molecular weight is 432 g/mol. The molecule has 2 amide bonds. The fourth-order valence-corrected chi connectivity index (χ4v) is 4.42. The first kappa shape index (κ1) is 23.0. The lowest BCUT2D eigenvalue weighted by molar-refractivity contribution is -0.138. The minimum absolute atomic E-state index is 0. The van der Waals surface area contributed by atoms with Crippen molar-refractivity contribution < 1.29 is 9.59 Å². The van der Waals surface area contributed by atoms with E-state index in [-0.39, 0.29) is 49.2 Å². The molecule has 1 aliphatic carbocycles. The monoisotopic (exact) mass is 431 g/mol. The van der Waals surface area contributed by atoms with Crippen molar-refractivity contribution in [2.24, 2.45) is 18.9 Å². The van der Waals surface area contributed by atoms with E-state index in [0.29, 0.717) is 12.3 Å². The number of aryl methyl sites for hydroxylation is 1. The molecule has 2 atom stereocenters. The molecular formula is C19H31Cl2N5O2. The predicted molar refractivity (Wildman–Crippen MR) is 112 cm³/mol. The second-order valence-electron chi connectivity index (χ2n) is 8.14. The summed E-state index contributed by atoms with van der Waals surface area (Å²) in [5, 5.41) is 3.25. The maximum atomic E-state index is 12.5. The largest absolute Gasteiger partial charge is 0.350 e. The molecule has 3 aliphatic rings. The highest BCUT2D eigenvalue weighted by Gasteiger charge is 2.43. The first-order chi connectivity index (χ1) is 12.6. The molecule has 4 rings (SSSR count). The molecule has 28 heavy (non-hydrogen) atoms. The number of likely N-dealkylation sites (tertiary alicyclic amines) is 2. The van der Waals surface area contributed by atoms with Crippen LogP contribution in [0.3, 0.4) is 0 Å². The van der Waals surface area contributed by atoms with Gasteiger partial charge in [0.2, 0.25) is 11.8 Å². The fourth-order valence-electron chi connectivity index (χ4n) is 4.42. The van der Waals surface area contributed by atoms with Gasteiger partial charge in [-0.3, -0.25) is 14.5 Å². The van der Waals surface area contributed by atoms with E-state index in [1.54, 1.807) is 4.90 Å². The predicted octanol–water partition coefficient (Wildman–Crippen LogP) is 1.60. The van der Waals surface area contributed by atoms with Gasteiger partial charge in [0.25, 0.3) is 0 Å². The van der Waals surface area contributed by atoms with E-state index in [1.807, 2.05) is 19.6 Å². The Kier molecular flexibility index (Phi) is 8.16. The molecular weight excluding hydrogens is 401 g/mol. The summed E-state index contributed by atoms with van der Waals surface area (Å²) in [5.74, 6) is 1.39. The molecule has 1 saturated carbocycles. The number of amides is 2. The summed E-state index contributed by atoms with van der Waals surface area (Å²) in [4.78, 5) is 32.8. The highest BCUT2D eigenvalue weighted by molar-refractivity contribution is 5.86. The lowest BCUT2D eigenvalue weighted by atomic mass is 9.98. The fraction of sp³-hybridized carbons (Fsp3) is 0.737. The van der Waals surface area contributed by atoms with Crippen molar-refractivity contribution in [2.45, 2.75) is 44.7 Å². The number of aromatic nitrogens is 2. The summed E-state index contributed by atoms with van der Waals surface area (Å²) in [6.45, 7) is 3.72. The average Bonchev–Trinajstić information content (AvgIpc) is 3.27. The van der Waals surface area contributed by atoms with Crippen molar-refractivity contribution in [3.63, 3.8) is 0 Å². The Hall–Kier alpha value is -1.31. The standard InChI is InChI=1S/C19H29N5O2.2ClH/c1-22-13-20-8-15(22)9-23-10-16(14-5-6-14)17(11-23)21-18(25)12-24-7-3-2-4-19(24)26;;/h8,13-14,16-17H,2-7,9-12H2,1H3,(H,21,25);2*1H/t16-,17+;;/m1../s1. The lowest BCUT2D eigenvalue weighted by Crippen LogP contribution is -2.48. The molecule has 158 valence electrons. The summed E-state index contributed by atoms with van der Waals surface area (Å²) in [7, 11) is 2.02. The van der Waals surface area contributed by atoms with E-state index in [4.69, 9.17) is 0 Å². The zero-order valence-corrected chi connectivity index (χ0v) is 18.0. The molecule has 0 unspecified atom stereocenters. The van der Waals surface area contributed by atoms with Crippen LogP contribution in [-0.2, 0) is 23.2 Å². The summed E-state index contributed by atoms with van der Waals surface area (Å²) in [6.07, 6.45) is 8.85. The molecule has 0 spiro atoms. The number of piperidine rings is 1. The van der Waals surface area contributed by atoms with Crippen LogP contribution in [0.4, 0.5) is 0 Å². The van der Waals surface area contributed by atoms with Crippen molar-refractivity contribution in [2.75, 3.05) is 26.2 Å². The third-order valence-corrected chi connectivity index (χ3v) is 6.07. The zero-order chi connectivity index (χ0) is 18.1. The first-order valence-electron chi connectivity index (χ1n) is 9.85. The molecule has 2 aliphatic heterocycles. The molecule has 3 heterocycles. The van der Waals surface area contributed by atoms with Gasteiger partial charge in [-0.2, -0.15) is 0 Å². The van der Waals surface area contributed by atoms with Crippen molar-refractivity contribution >= 4 is 36.6 Å². The van der Waals surface area contributed by atoms with Crippen LogP contribution in [0.15, 0.2) is 12.5 Å². The summed E-state index contributed by atoms with van der Waals surface area (Å²) >= 11 is 0. The van der Waals surface area contributed by atoms with E-state index >= 15 is 0 Å². The minimum atomic E-state index is -0.00159. The van der Waals surface area contributed by atoms with Crippen LogP contribution in [0.5, 0.6) is 0 Å². The van der Waals surface area contributed by atoms with Crippen LogP contribution in [0, 0.1) is 11.8 Å². The quantitative estimate of drug-likeness (QED) is 0.742. The number of hydrogen-bond acceptors (Lipinski definition) is 4. The lowest BCUT2D eigenvalue weighted by Gasteiger charge is -2.27. The van der Waals surface area contributed by atoms with Crippen LogP contribution < -0.4 is 5.32 Å². The maximum absolute atomic E-state index is 12.5. The van der Waals surface area contributed by atoms with Crippen LogP contribution in [-0.4, -0.2) is 63.4 Å². The van der Waals surface area contributed by atoms with Gasteiger partial charge in [-0.05, 0) is 37.5 Å². The van der Waals surface area contributed by atoms with Gasteiger partial charge in [0.1, 0.15) is 0 Å². The Labute approximate surface area is 179 Å². The molecule has 0 aromatic carbocycles. The van der Waals surface area contributed by atoms with Gasteiger partial charge >= 0.3 is 0 Å². The van der Waals surface area contributed by atoms with Crippen molar-refractivity contribution in [3.05, 3.63) is 18.2 Å². The number of hydrogen-bond donors (Lipinski definition) is 1. The molecule has 7 nitrogen and oxygen atoms in total. The van der Waals surface area contributed by atoms with Crippen molar-refractivity contribution in [3.8, 4) is 0 Å². The van der Waals surface area contributed by atoms with Crippen LogP contribution in [0.2, 0.25) is 0 Å². The molecule has 1 aromatic heterocycles. The van der Waals surface area contributed by atoms with Crippen LogP contribution >= 0.6 is 24.8 Å². The number of nitrogens with one attached hydrogen (secondary N) is 1. The van der Waals surface area contributed by atoms with Gasteiger partial charge < -0.3 is 14.8 Å². The Morgan fingerprint density at radius 2 is 2.04 bits per heavy atom.